The first-order valence-corrected chi connectivity index (χ1v) is 6.37. The third kappa shape index (κ3) is 3.20. The van der Waals surface area contributed by atoms with Gasteiger partial charge in [0, 0.05) is 0 Å². The molecule has 1 amide bonds. The zero-order chi connectivity index (χ0) is 13.0. The molecule has 1 aliphatic carbocycles. The smallest absolute Gasteiger partial charge is 0.270 e. The van der Waals surface area contributed by atoms with Gasteiger partial charge in [0.2, 0.25) is 0 Å². The number of nitrogens with zero attached hydrogens (tertiary/aromatic N) is 1. The normalized spacial score (nSPS) is 24.3. The minimum atomic E-state index is -0.453. The maximum Gasteiger partial charge on any atom is 0.270 e. The van der Waals surface area contributed by atoms with E-state index in [1.807, 2.05) is 0 Å². The molecule has 0 spiro atoms. The van der Waals surface area contributed by atoms with Crippen LogP contribution in [0.1, 0.15) is 42.6 Å². The third-order valence-electron chi connectivity index (χ3n) is 3.31. The summed E-state index contributed by atoms with van der Waals surface area (Å²) in [5.41, 5.74) is 6.38. The van der Waals surface area contributed by atoms with Crippen LogP contribution in [0.25, 0.3) is 0 Å². The number of anilines is 1. The first-order valence-electron chi connectivity index (χ1n) is 6.37. The van der Waals surface area contributed by atoms with Crippen LogP contribution in [0.4, 0.5) is 5.69 Å². The maximum absolute atomic E-state index is 12.0. The van der Waals surface area contributed by atoms with Gasteiger partial charge in [0.05, 0.1) is 24.0 Å². The fourth-order valence-corrected chi connectivity index (χ4v) is 2.24. The number of aliphatic hydroxyl groups is 1. The molecule has 1 aromatic rings. The minimum absolute atomic E-state index is 0.167. The topological polar surface area (TPSA) is 88.2 Å². The van der Waals surface area contributed by atoms with Gasteiger partial charge >= 0.3 is 0 Å². The molecule has 18 heavy (non-hydrogen) atoms. The summed E-state index contributed by atoms with van der Waals surface area (Å²) in [7, 11) is 0. The Hall–Kier alpha value is -1.62. The van der Waals surface area contributed by atoms with Gasteiger partial charge in [-0.2, -0.15) is 0 Å². The summed E-state index contributed by atoms with van der Waals surface area (Å²) in [5.74, 6) is -0.249. The Morgan fingerprint density at radius 2 is 2.11 bits per heavy atom. The first kappa shape index (κ1) is 12.8. The van der Waals surface area contributed by atoms with E-state index in [-0.39, 0.29) is 11.9 Å². The van der Waals surface area contributed by atoms with Gasteiger partial charge in [-0.15, -0.1) is 0 Å². The van der Waals surface area contributed by atoms with Crippen molar-refractivity contribution in [3.05, 3.63) is 24.0 Å². The molecular formula is C13H19N3O2. The summed E-state index contributed by atoms with van der Waals surface area (Å²) in [6, 6.07) is 3.07. The largest absolute Gasteiger partial charge is 0.397 e. The standard InChI is InChI=1S/C13H19N3O2/c14-9-6-7-11(15-8-9)13(18)16-10-4-2-1-3-5-12(10)17/h6-8,10,12,17H,1-5,14H2,(H,16,18). The van der Waals surface area contributed by atoms with Crippen molar-refractivity contribution in [2.45, 2.75) is 44.2 Å². The molecule has 98 valence electrons. The highest BCUT2D eigenvalue weighted by Gasteiger charge is 2.23. The number of aliphatic hydroxyl groups excluding tert-OH is 1. The van der Waals surface area contributed by atoms with E-state index in [9.17, 15) is 9.90 Å². The van der Waals surface area contributed by atoms with E-state index in [1.165, 1.54) is 6.20 Å². The number of carbonyl (C=O) groups excluding carboxylic acids is 1. The lowest BCUT2D eigenvalue weighted by Gasteiger charge is -2.21. The van der Waals surface area contributed by atoms with Crippen molar-refractivity contribution in [1.82, 2.24) is 10.3 Å². The molecule has 1 fully saturated rings. The molecule has 2 atom stereocenters. The monoisotopic (exact) mass is 249 g/mol. The van der Waals surface area contributed by atoms with Crippen LogP contribution in [0.3, 0.4) is 0 Å². The number of hydrogen-bond donors (Lipinski definition) is 3. The van der Waals surface area contributed by atoms with E-state index in [1.54, 1.807) is 12.1 Å². The fourth-order valence-electron chi connectivity index (χ4n) is 2.24. The lowest BCUT2D eigenvalue weighted by Crippen LogP contribution is -2.42. The summed E-state index contributed by atoms with van der Waals surface area (Å²) >= 11 is 0. The Kier molecular flexibility index (Phi) is 4.15. The number of nitrogen functional groups attached to an aromatic ring is 1. The minimum Gasteiger partial charge on any atom is -0.397 e. The van der Waals surface area contributed by atoms with Gasteiger partial charge in [-0.1, -0.05) is 19.3 Å². The van der Waals surface area contributed by atoms with E-state index in [0.29, 0.717) is 11.4 Å². The van der Waals surface area contributed by atoms with E-state index in [4.69, 9.17) is 5.73 Å². The predicted octanol–water partition coefficient (Wildman–Crippen LogP) is 1.09. The molecule has 0 aromatic carbocycles. The van der Waals surface area contributed by atoms with Crippen molar-refractivity contribution in [3.63, 3.8) is 0 Å². The molecule has 5 heteroatoms. The van der Waals surface area contributed by atoms with Crippen LogP contribution in [0.15, 0.2) is 18.3 Å². The van der Waals surface area contributed by atoms with Crippen molar-refractivity contribution in [3.8, 4) is 0 Å². The molecule has 1 heterocycles. The molecule has 2 unspecified atom stereocenters. The molecule has 4 N–H and O–H groups in total. The third-order valence-corrected chi connectivity index (χ3v) is 3.31. The molecule has 0 radical (unpaired) electrons. The van der Waals surface area contributed by atoms with E-state index >= 15 is 0 Å². The Bertz CT molecular complexity index is 405. The van der Waals surface area contributed by atoms with Gasteiger partial charge in [-0.05, 0) is 25.0 Å². The van der Waals surface area contributed by atoms with Crippen LogP contribution in [0.2, 0.25) is 0 Å². The highest BCUT2D eigenvalue weighted by atomic mass is 16.3. The van der Waals surface area contributed by atoms with Gasteiger partial charge in [0.25, 0.3) is 5.91 Å². The highest BCUT2D eigenvalue weighted by molar-refractivity contribution is 5.92. The van der Waals surface area contributed by atoms with E-state index in [0.717, 1.165) is 32.1 Å². The lowest BCUT2D eigenvalue weighted by atomic mass is 10.1. The maximum atomic E-state index is 12.0. The van der Waals surface area contributed by atoms with Gasteiger partial charge in [0.1, 0.15) is 5.69 Å². The Balaban J connectivity index is 1.99. The van der Waals surface area contributed by atoms with Crippen LogP contribution < -0.4 is 11.1 Å². The van der Waals surface area contributed by atoms with Crippen molar-refractivity contribution >= 4 is 11.6 Å². The average molecular weight is 249 g/mol. The van der Waals surface area contributed by atoms with Gasteiger partial charge < -0.3 is 16.2 Å². The molecule has 1 saturated carbocycles. The predicted molar refractivity (Wildman–Crippen MR) is 69.0 cm³/mol. The summed E-state index contributed by atoms with van der Waals surface area (Å²) in [5, 5.41) is 12.8. The van der Waals surface area contributed by atoms with Crippen molar-refractivity contribution in [2.24, 2.45) is 0 Å². The number of nitrogens with two attached hydrogens (primary N) is 1. The number of nitrogens with one attached hydrogen (secondary N) is 1. The molecule has 2 rings (SSSR count). The molecular weight excluding hydrogens is 230 g/mol. The molecule has 1 aromatic heterocycles. The van der Waals surface area contributed by atoms with Crippen molar-refractivity contribution in [2.75, 3.05) is 5.73 Å². The summed E-state index contributed by atoms with van der Waals surface area (Å²) in [4.78, 5) is 15.9. The highest BCUT2D eigenvalue weighted by Crippen LogP contribution is 2.18. The van der Waals surface area contributed by atoms with E-state index in [2.05, 4.69) is 10.3 Å². The summed E-state index contributed by atoms with van der Waals surface area (Å²) < 4.78 is 0. The van der Waals surface area contributed by atoms with Crippen molar-refractivity contribution < 1.29 is 9.90 Å². The SMILES string of the molecule is Nc1ccc(C(=O)NC2CCCCCC2O)nc1. The lowest BCUT2D eigenvalue weighted by molar-refractivity contribution is 0.0814. The molecule has 0 aliphatic heterocycles. The quantitative estimate of drug-likeness (QED) is 0.684. The van der Waals surface area contributed by atoms with Gasteiger partial charge in [-0.25, -0.2) is 4.98 Å². The number of hydrogen-bond acceptors (Lipinski definition) is 4. The molecule has 1 aliphatic rings. The number of rotatable bonds is 2. The second kappa shape index (κ2) is 5.82. The van der Waals surface area contributed by atoms with Gasteiger partial charge in [-0.3, -0.25) is 4.79 Å². The summed E-state index contributed by atoms with van der Waals surface area (Å²) in [6.07, 6.45) is 5.75. The fraction of sp³-hybridized carbons (Fsp3) is 0.538. The number of pyridine rings is 1. The van der Waals surface area contributed by atoms with Crippen molar-refractivity contribution in [1.29, 1.82) is 0 Å². The first-order chi connectivity index (χ1) is 8.66. The van der Waals surface area contributed by atoms with Crippen LogP contribution in [-0.2, 0) is 0 Å². The molecule has 0 bridgehead atoms. The zero-order valence-electron chi connectivity index (χ0n) is 10.3. The van der Waals surface area contributed by atoms with Gasteiger partial charge in [0.15, 0.2) is 0 Å². The zero-order valence-corrected chi connectivity index (χ0v) is 10.3. The Labute approximate surface area is 106 Å². The van der Waals surface area contributed by atoms with Crippen LogP contribution in [-0.4, -0.2) is 28.1 Å². The molecule has 5 nitrogen and oxygen atoms in total. The second-order valence-electron chi connectivity index (χ2n) is 4.76. The summed E-state index contributed by atoms with van der Waals surface area (Å²) in [6.45, 7) is 0. The molecule has 0 saturated heterocycles. The number of aromatic nitrogens is 1. The Morgan fingerprint density at radius 1 is 1.33 bits per heavy atom. The number of amides is 1. The number of carbonyl (C=O) groups is 1. The van der Waals surface area contributed by atoms with E-state index < -0.39 is 6.10 Å². The van der Waals surface area contributed by atoms with Crippen LogP contribution in [0.5, 0.6) is 0 Å². The average Bonchev–Trinajstić information content (AvgIpc) is 2.56. The second-order valence-corrected chi connectivity index (χ2v) is 4.76. The van der Waals surface area contributed by atoms with Crippen LogP contribution in [0, 0.1) is 0 Å². The van der Waals surface area contributed by atoms with Crippen LogP contribution >= 0.6 is 0 Å². The Morgan fingerprint density at radius 3 is 2.83 bits per heavy atom.